The van der Waals surface area contributed by atoms with E-state index in [2.05, 4.69) is 15.5 Å². The Kier molecular flexibility index (Phi) is 5.96. The Morgan fingerprint density at radius 1 is 1.48 bits per heavy atom. The van der Waals surface area contributed by atoms with Crippen LogP contribution in [0.25, 0.3) is 0 Å². The maximum Gasteiger partial charge on any atom is 0.238 e. The zero-order valence-corrected chi connectivity index (χ0v) is 12.9. The van der Waals surface area contributed by atoms with E-state index in [9.17, 15) is 9.18 Å². The summed E-state index contributed by atoms with van der Waals surface area (Å²) < 4.78 is 13.7. The van der Waals surface area contributed by atoms with Gasteiger partial charge in [-0.3, -0.25) is 9.69 Å². The molecule has 2 N–H and O–H groups in total. The summed E-state index contributed by atoms with van der Waals surface area (Å²) in [6, 6.07) is 4.61. The largest absolute Gasteiger partial charge is 0.322 e. The molecule has 1 saturated heterocycles. The first kappa shape index (κ1) is 16.2. The number of piperidine rings is 1. The van der Waals surface area contributed by atoms with Crippen molar-refractivity contribution in [3.63, 3.8) is 0 Å². The Labute approximate surface area is 129 Å². The molecule has 0 saturated carbocycles. The van der Waals surface area contributed by atoms with E-state index in [1.165, 1.54) is 18.6 Å². The van der Waals surface area contributed by atoms with E-state index >= 15 is 0 Å². The fourth-order valence-electron chi connectivity index (χ4n) is 2.70. The molecule has 1 atom stereocenters. The van der Waals surface area contributed by atoms with Crippen LogP contribution in [0.3, 0.4) is 0 Å². The summed E-state index contributed by atoms with van der Waals surface area (Å²) in [7, 11) is 1.91. The molecule has 6 heteroatoms. The van der Waals surface area contributed by atoms with Crippen LogP contribution >= 0.6 is 11.6 Å². The molecule has 1 unspecified atom stereocenters. The minimum Gasteiger partial charge on any atom is -0.322 e. The minimum atomic E-state index is -0.513. The van der Waals surface area contributed by atoms with Crippen molar-refractivity contribution < 1.29 is 9.18 Å². The van der Waals surface area contributed by atoms with Crippen LogP contribution in [-0.4, -0.2) is 43.5 Å². The topological polar surface area (TPSA) is 44.4 Å². The summed E-state index contributed by atoms with van der Waals surface area (Å²) >= 11 is 5.70. The molecule has 0 aromatic heterocycles. The van der Waals surface area contributed by atoms with Gasteiger partial charge >= 0.3 is 0 Å². The lowest BCUT2D eigenvalue weighted by molar-refractivity contribution is -0.118. The molecule has 1 aliphatic heterocycles. The highest BCUT2D eigenvalue weighted by Gasteiger charge is 2.23. The van der Waals surface area contributed by atoms with Gasteiger partial charge in [0.05, 0.1) is 12.2 Å². The van der Waals surface area contributed by atoms with Crippen molar-refractivity contribution >= 4 is 23.2 Å². The van der Waals surface area contributed by atoms with Gasteiger partial charge in [-0.2, -0.15) is 0 Å². The number of carbonyl (C=O) groups excluding carboxylic acids is 1. The van der Waals surface area contributed by atoms with Gasteiger partial charge in [-0.1, -0.05) is 18.0 Å². The predicted molar refractivity (Wildman–Crippen MR) is 83.2 cm³/mol. The van der Waals surface area contributed by atoms with E-state index in [0.717, 1.165) is 25.9 Å². The van der Waals surface area contributed by atoms with Gasteiger partial charge < -0.3 is 10.6 Å². The van der Waals surface area contributed by atoms with Gasteiger partial charge in [0.2, 0.25) is 5.91 Å². The van der Waals surface area contributed by atoms with E-state index in [4.69, 9.17) is 11.6 Å². The molecule has 1 amide bonds. The summed E-state index contributed by atoms with van der Waals surface area (Å²) in [6.45, 7) is 2.06. The van der Waals surface area contributed by atoms with Gasteiger partial charge in [-0.05, 0) is 44.6 Å². The van der Waals surface area contributed by atoms with Crippen molar-refractivity contribution in [2.45, 2.75) is 25.3 Å². The van der Waals surface area contributed by atoms with Gasteiger partial charge in [-0.25, -0.2) is 4.39 Å². The van der Waals surface area contributed by atoms with Crippen LogP contribution in [0.1, 0.15) is 19.3 Å². The Hall–Kier alpha value is -1.17. The van der Waals surface area contributed by atoms with Crippen molar-refractivity contribution in [2.24, 2.45) is 0 Å². The number of benzene rings is 1. The number of hydrogen-bond acceptors (Lipinski definition) is 3. The Morgan fingerprint density at radius 3 is 3.00 bits per heavy atom. The van der Waals surface area contributed by atoms with Gasteiger partial charge in [0.25, 0.3) is 0 Å². The molecule has 4 nitrogen and oxygen atoms in total. The number of likely N-dealkylation sites (tertiary alicyclic amines) is 1. The van der Waals surface area contributed by atoms with Crippen LogP contribution < -0.4 is 10.6 Å². The number of nitrogens with one attached hydrogen (secondary N) is 2. The van der Waals surface area contributed by atoms with Crippen LogP contribution in [0, 0.1) is 5.82 Å². The molecule has 21 heavy (non-hydrogen) atoms. The molecule has 0 aliphatic carbocycles. The van der Waals surface area contributed by atoms with Crippen LogP contribution in [0.4, 0.5) is 10.1 Å². The number of hydrogen-bond donors (Lipinski definition) is 2. The average Bonchev–Trinajstić information content (AvgIpc) is 2.44. The Balaban J connectivity index is 1.93. The molecule has 116 valence electrons. The quantitative estimate of drug-likeness (QED) is 0.878. The fourth-order valence-corrected chi connectivity index (χ4v) is 2.86. The minimum absolute atomic E-state index is 0.173. The van der Waals surface area contributed by atoms with E-state index in [0.29, 0.717) is 11.1 Å². The van der Waals surface area contributed by atoms with Crippen LogP contribution in [0.2, 0.25) is 5.02 Å². The third-order valence-corrected chi connectivity index (χ3v) is 3.98. The number of halogens is 2. The van der Waals surface area contributed by atoms with E-state index < -0.39 is 5.82 Å². The summed E-state index contributed by atoms with van der Waals surface area (Å²) in [5.74, 6) is -0.708. The highest BCUT2D eigenvalue weighted by Crippen LogP contribution is 2.20. The van der Waals surface area contributed by atoms with Gasteiger partial charge in [-0.15, -0.1) is 0 Å². The first-order valence-corrected chi connectivity index (χ1v) is 7.61. The van der Waals surface area contributed by atoms with E-state index in [1.54, 1.807) is 6.07 Å². The summed E-state index contributed by atoms with van der Waals surface area (Å²) in [6.07, 6.45) is 3.38. The molecule has 1 fully saturated rings. The van der Waals surface area contributed by atoms with Crippen LogP contribution in [0.15, 0.2) is 18.2 Å². The predicted octanol–water partition coefficient (Wildman–Crippen LogP) is 2.49. The molecule has 1 heterocycles. The van der Waals surface area contributed by atoms with E-state index in [-0.39, 0.29) is 18.1 Å². The number of amides is 1. The normalized spacial score (nSPS) is 19.5. The van der Waals surface area contributed by atoms with Crippen LogP contribution in [-0.2, 0) is 4.79 Å². The molecule has 0 spiro atoms. The first-order valence-electron chi connectivity index (χ1n) is 7.23. The van der Waals surface area contributed by atoms with Crippen molar-refractivity contribution in [1.29, 1.82) is 0 Å². The van der Waals surface area contributed by atoms with Crippen LogP contribution in [0.5, 0.6) is 0 Å². The Morgan fingerprint density at radius 2 is 2.29 bits per heavy atom. The van der Waals surface area contributed by atoms with Crippen molar-refractivity contribution in [2.75, 3.05) is 32.0 Å². The monoisotopic (exact) mass is 313 g/mol. The highest BCUT2D eigenvalue weighted by molar-refractivity contribution is 6.30. The average molecular weight is 314 g/mol. The number of likely N-dealkylation sites (N-methyl/N-ethyl adjacent to an activating group) is 1. The Bertz CT molecular complexity index is 496. The zero-order valence-electron chi connectivity index (χ0n) is 12.2. The lowest BCUT2D eigenvalue weighted by Gasteiger charge is -2.35. The summed E-state index contributed by atoms with van der Waals surface area (Å²) in [5, 5.41) is 6.09. The maximum atomic E-state index is 13.7. The zero-order chi connectivity index (χ0) is 15.2. The first-order chi connectivity index (χ1) is 10.1. The molecule has 1 aromatic rings. The van der Waals surface area contributed by atoms with Crippen molar-refractivity contribution in [3.8, 4) is 0 Å². The molecule has 1 aliphatic rings. The third kappa shape index (κ3) is 4.66. The van der Waals surface area contributed by atoms with Gasteiger partial charge in [0.1, 0.15) is 5.82 Å². The van der Waals surface area contributed by atoms with Gasteiger partial charge in [0.15, 0.2) is 0 Å². The fraction of sp³-hybridized carbons (Fsp3) is 0.533. The highest BCUT2D eigenvalue weighted by atomic mass is 35.5. The second-order valence-corrected chi connectivity index (χ2v) is 5.79. The van der Waals surface area contributed by atoms with Gasteiger partial charge in [0, 0.05) is 17.6 Å². The van der Waals surface area contributed by atoms with Crippen molar-refractivity contribution in [1.82, 2.24) is 10.2 Å². The second kappa shape index (κ2) is 7.73. The maximum absolute atomic E-state index is 13.7. The summed E-state index contributed by atoms with van der Waals surface area (Å²) in [4.78, 5) is 14.3. The smallest absolute Gasteiger partial charge is 0.238 e. The van der Waals surface area contributed by atoms with E-state index in [1.807, 2.05) is 7.05 Å². The third-order valence-electron chi connectivity index (χ3n) is 3.74. The molecule has 0 radical (unpaired) electrons. The molecule has 1 aromatic carbocycles. The standard InChI is InChI=1S/C15H21ClFN3O/c1-18-9-12-4-2-3-7-20(12)10-15(21)19-14-6-5-11(16)8-13(14)17/h5-6,8,12,18H,2-4,7,9-10H2,1H3,(H,19,21). The lowest BCUT2D eigenvalue weighted by Crippen LogP contribution is -2.47. The summed E-state index contributed by atoms with van der Waals surface area (Å²) in [5.41, 5.74) is 0.173. The number of anilines is 1. The SMILES string of the molecule is CNCC1CCCCN1CC(=O)Nc1ccc(Cl)cc1F. The molecule has 2 rings (SSSR count). The molecule has 0 bridgehead atoms. The second-order valence-electron chi connectivity index (χ2n) is 5.35. The van der Waals surface area contributed by atoms with Crippen molar-refractivity contribution in [3.05, 3.63) is 29.0 Å². The number of nitrogens with zero attached hydrogens (tertiary/aromatic N) is 1. The molecular weight excluding hydrogens is 293 g/mol. The number of carbonyl (C=O) groups is 1. The lowest BCUT2D eigenvalue weighted by atomic mass is 10.0. The molecular formula is C15H21ClFN3O. The number of rotatable bonds is 5.